The van der Waals surface area contributed by atoms with Crippen LogP contribution in [0.3, 0.4) is 0 Å². The van der Waals surface area contributed by atoms with E-state index in [2.05, 4.69) is 0 Å². The van der Waals surface area contributed by atoms with Crippen LogP contribution < -0.4 is 0 Å². The molecule has 30 heavy (non-hydrogen) atoms. The van der Waals surface area contributed by atoms with Gasteiger partial charge >= 0.3 is 0 Å². The van der Waals surface area contributed by atoms with Gasteiger partial charge in [-0.2, -0.15) is 0 Å². The molecule has 156 valence electrons. The number of hydrogen-bond donors (Lipinski definition) is 0. The van der Waals surface area contributed by atoms with Crippen molar-refractivity contribution in [2.24, 2.45) is 0 Å². The fraction of sp³-hybridized carbons (Fsp3) is 0.391. The molecular weight excluding hydrogens is 390 g/mol. The van der Waals surface area contributed by atoms with Gasteiger partial charge in [0.1, 0.15) is 17.9 Å². The van der Waals surface area contributed by atoms with E-state index in [4.69, 9.17) is 4.74 Å². The van der Waals surface area contributed by atoms with Gasteiger partial charge in [0.25, 0.3) is 11.8 Å². The number of nitrogens with zero attached hydrogens (tertiary/aromatic N) is 2. The molecule has 2 atom stereocenters. The first-order chi connectivity index (χ1) is 14.5. The van der Waals surface area contributed by atoms with Crippen molar-refractivity contribution in [1.82, 2.24) is 9.80 Å². The molecule has 3 heterocycles. The second-order valence-electron chi connectivity index (χ2n) is 8.20. The van der Waals surface area contributed by atoms with E-state index in [-0.39, 0.29) is 17.4 Å². The molecule has 0 bridgehead atoms. The number of benzene rings is 2. The number of carbonyl (C=O) groups excluding carboxylic acids is 2. The molecule has 3 fully saturated rings. The highest BCUT2D eigenvalue weighted by atomic mass is 19.1. The summed E-state index contributed by atoms with van der Waals surface area (Å²) in [5.74, 6) is -1.27. The highest BCUT2D eigenvalue weighted by Gasteiger charge is 2.58. The van der Waals surface area contributed by atoms with Crippen molar-refractivity contribution in [3.63, 3.8) is 0 Å². The first kappa shape index (κ1) is 19.2. The summed E-state index contributed by atoms with van der Waals surface area (Å²) in [6, 6.07) is 11.9. The summed E-state index contributed by atoms with van der Waals surface area (Å²) in [7, 11) is 0. The average molecular weight is 412 g/mol. The predicted molar refractivity (Wildman–Crippen MR) is 104 cm³/mol. The van der Waals surface area contributed by atoms with E-state index in [1.165, 1.54) is 6.07 Å². The van der Waals surface area contributed by atoms with Crippen molar-refractivity contribution in [1.29, 1.82) is 0 Å². The molecule has 0 aromatic heterocycles. The largest absolute Gasteiger partial charge is 0.342 e. The van der Waals surface area contributed by atoms with Crippen LogP contribution in [0.15, 0.2) is 48.5 Å². The summed E-state index contributed by atoms with van der Waals surface area (Å²) in [5, 5.41) is 0. The van der Waals surface area contributed by atoms with Crippen LogP contribution in [0.4, 0.5) is 8.78 Å². The van der Waals surface area contributed by atoms with Crippen LogP contribution in [0, 0.1) is 11.6 Å². The van der Waals surface area contributed by atoms with Crippen LogP contribution in [0.25, 0.3) is 0 Å². The monoisotopic (exact) mass is 412 g/mol. The molecule has 0 saturated carbocycles. The van der Waals surface area contributed by atoms with E-state index < -0.39 is 29.5 Å². The first-order valence-corrected chi connectivity index (χ1v) is 10.3. The van der Waals surface area contributed by atoms with Crippen molar-refractivity contribution in [3.05, 3.63) is 71.3 Å². The van der Waals surface area contributed by atoms with Crippen molar-refractivity contribution in [2.45, 2.75) is 43.6 Å². The Morgan fingerprint density at radius 1 is 1.03 bits per heavy atom. The molecule has 2 aromatic rings. The Morgan fingerprint density at radius 3 is 2.50 bits per heavy atom. The normalized spacial score (nSPS) is 25.1. The second-order valence-corrected chi connectivity index (χ2v) is 8.20. The van der Waals surface area contributed by atoms with E-state index in [1.807, 2.05) is 18.2 Å². The van der Waals surface area contributed by atoms with Crippen LogP contribution in [-0.4, -0.2) is 46.5 Å². The van der Waals surface area contributed by atoms with E-state index in [9.17, 15) is 18.4 Å². The Morgan fingerprint density at radius 2 is 1.77 bits per heavy atom. The summed E-state index contributed by atoms with van der Waals surface area (Å²) in [5.41, 5.74) is -0.168. The first-order valence-electron chi connectivity index (χ1n) is 10.3. The van der Waals surface area contributed by atoms with Gasteiger partial charge in [0.05, 0.1) is 6.04 Å². The summed E-state index contributed by atoms with van der Waals surface area (Å²) < 4.78 is 34.3. The Bertz CT molecular complexity index is 989. The Kier molecular flexibility index (Phi) is 4.58. The Labute approximate surface area is 173 Å². The number of fused-ring (bicyclic) bond motifs is 1. The second kappa shape index (κ2) is 7.16. The summed E-state index contributed by atoms with van der Waals surface area (Å²) in [6.07, 6.45) is 1.49. The van der Waals surface area contributed by atoms with Crippen LogP contribution >= 0.6 is 0 Å². The van der Waals surface area contributed by atoms with Crippen LogP contribution in [0.5, 0.6) is 0 Å². The molecule has 0 N–H and O–H groups in total. The number of piperidine rings is 1. The van der Waals surface area contributed by atoms with Crippen LogP contribution in [0.1, 0.15) is 47.6 Å². The van der Waals surface area contributed by atoms with E-state index in [0.717, 1.165) is 12.1 Å². The molecule has 2 unspecified atom stereocenters. The average Bonchev–Trinajstić information content (AvgIpc) is 3.29. The standard InChI is InChI=1S/C23H22F2N2O3/c24-16-6-7-18(25)17(14-16)19-8-9-20-27(19)22(29)23(30-20)10-12-26(13-11-23)21(28)15-4-2-1-3-5-15/h1-7,14,19-20H,8-13H2. The van der Waals surface area contributed by atoms with Gasteiger partial charge in [-0.15, -0.1) is 0 Å². The minimum absolute atomic E-state index is 0.0592. The lowest BCUT2D eigenvalue weighted by atomic mass is 9.89. The quantitative estimate of drug-likeness (QED) is 0.757. The van der Waals surface area contributed by atoms with Gasteiger partial charge in [-0.3, -0.25) is 9.59 Å². The SMILES string of the molecule is O=C(c1ccccc1)N1CCC2(CC1)OC1CCC(c3cc(F)ccc3F)N1C2=O. The predicted octanol–water partition coefficient (Wildman–Crippen LogP) is 3.66. The molecule has 0 radical (unpaired) electrons. The highest BCUT2D eigenvalue weighted by molar-refractivity contribution is 5.95. The molecule has 5 nitrogen and oxygen atoms in total. The third-order valence-electron chi connectivity index (χ3n) is 6.52. The van der Waals surface area contributed by atoms with Gasteiger partial charge in [-0.05, 0) is 43.2 Å². The molecule has 2 aromatic carbocycles. The zero-order chi connectivity index (χ0) is 20.9. The molecule has 5 rings (SSSR count). The zero-order valence-corrected chi connectivity index (χ0v) is 16.4. The molecular formula is C23H22F2N2O3. The van der Waals surface area contributed by atoms with Crippen molar-refractivity contribution in [3.8, 4) is 0 Å². The lowest BCUT2D eigenvalue weighted by Crippen LogP contribution is -2.51. The van der Waals surface area contributed by atoms with Gasteiger partial charge < -0.3 is 14.5 Å². The highest BCUT2D eigenvalue weighted by Crippen LogP contribution is 2.48. The number of ether oxygens (including phenoxy) is 1. The van der Waals surface area contributed by atoms with Gasteiger partial charge in [0.15, 0.2) is 5.60 Å². The van der Waals surface area contributed by atoms with Crippen molar-refractivity contribution in [2.75, 3.05) is 13.1 Å². The lowest BCUT2D eigenvalue weighted by Gasteiger charge is -2.37. The fourth-order valence-corrected chi connectivity index (χ4v) is 4.95. The number of halogens is 2. The topological polar surface area (TPSA) is 49.9 Å². The lowest BCUT2D eigenvalue weighted by molar-refractivity contribution is -0.142. The Hall–Kier alpha value is -2.80. The van der Waals surface area contributed by atoms with E-state index >= 15 is 0 Å². The zero-order valence-electron chi connectivity index (χ0n) is 16.4. The summed E-state index contributed by atoms with van der Waals surface area (Å²) in [4.78, 5) is 29.4. The maximum atomic E-state index is 14.4. The van der Waals surface area contributed by atoms with Gasteiger partial charge in [0, 0.05) is 37.1 Å². The number of amides is 2. The maximum absolute atomic E-state index is 14.4. The number of rotatable bonds is 2. The number of likely N-dealkylation sites (tertiary alicyclic amines) is 1. The van der Waals surface area contributed by atoms with Gasteiger partial charge in [-0.1, -0.05) is 18.2 Å². The van der Waals surface area contributed by atoms with Gasteiger partial charge in [-0.25, -0.2) is 8.78 Å². The van der Waals surface area contributed by atoms with Crippen LogP contribution in [0.2, 0.25) is 0 Å². The Balaban J connectivity index is 1.33. The molecule has 7 heteroatoms. The molecule has 2 amide bonds. The van der Waals surface area contributed by atoms with Crippen LogP contribution in [-0.2, 0) is 9.53 Å². The maximum Gasteiger partial charge on any atom is 0.257 e. The van der Waals surface area contributed by atoms with Crippen molar-refractivity contribution < 1.29 is 23.1 Å². The third kappa shape index (κ3) is 2.99. The summed E-state index contributed by atoms with van der Waals surface area (Å²) >= 11 is 0. The van der Waals surface area contributed by atoms with Crippen molar-refractivity contribution >= 4 is 11.8 Å². The van der Waals surface area contributed by atoms with E-state index in [0.29, 0.717) is 44.3 Å². The molecule has 3 aliphatic rings. The summed E-state index contributed by atoms with van der Waals surface area (Å²) in [6.45, 7) is 0.831. The number of hydrogen-bond acceptors (Lipinski definition) is 3. The molecule has 1 spiro atoms. The number of carbonyl (C=O) groups is 2. The minimum Gasteiger partial charge on any atom is -0.342 e. The molecule has 3 aliphatic heterocycles. The van der Waals surface area contributed by atoms with Gasteiger partial charge in [0.2, 0.25) is 0 Å². The fourth-order valence-electron chi connectivity index (χ4n) is 4.95. The van der Waals surface area contributed by atoms with E-state index in [1.54, 1.807) is 21.9 Å². The molecule has 0 aliphatic carbocycles. The smallest absolute Gasteiger partial charge is 0.257 e. The minimum atomic E-state index is -0.986. The third-order valence-corrected chi connectivity index (χ3v) is 6.52. The molecule has 3 saturated heterocycles.